The first-order valence-electron chi connectivity index (χ1n) is 5.66. The van der Waals surface area contributed by atoms with Crippen LogP contribution in [0.25, 0.3) is 21.7 Å². The Balaban J connectivity index is 2.58. The van der Waals surface area contributed by atoms with Crippen LogP contribution in [0.1, 0.15) is 5.69 Å². The molecular formula is C14H12BrN3. The van der Waals surface area contributed by atoms with Gasteiger partial charge < -0.3 is 5.43 Å². The Morgan fingerprint density at radius 2 is 1.83 bits per heavy atom. The van der Waals surface area contributed by atoms with Crippen LogP contribution in [0.3, 0.4) is 0 Å². The Morgan fingerprint density at radius 3 is 2.56 bits per heavy atom. The highest BCUT2D eigenvalue weighted by atomic mass is 79.9. The molecule has 90 valence electrons. The van der Waals surface area contributed by atoms with Crippen molar-refractivity contribution in [1.82, 2.24) is 4.98 Å². The van der Waals surface area contributed by atoms with Crippen molar-refractivity contribution in [3.8, 4) is 0 Å². The van der Waals surface area contributed by atoms with Crippen molar-refractivity contribution < 1.29 is 0 Å². The van der Waals surface area contributed by atoms with E-state index in [2.05, 4.69) is 44.5 Å². The second-order valence-electron chi connectivity index (χ2n) is 4.26. The van der Waals surface area contributed by atoms with E-state index in [0.717, 1.165) is 37.5 Å². The second-order valence-corrected chi connectivity index (χ2v) is 5.11. The molecule has 2 aromatic carbocycles. The van der Waals surface area contributed by atoms with Crippen LogP contribution >= 0.6 is 15.9 Å². The van der Waals surface area contributed by atoms with Gasteiger partial charge in [-0.3, -0.25) is 10.8 Å². The van der Waals surface area contributed by atoms with Gasteiger partial charge in [-0.2, -0.15) is 0 Å². The molecule has 0 amide bonds. The highest BCUT2D eigenvalue weighted by molar-refractivity contribution is 9.10. The first-order valence-corrected chi connectivity index (χ1v) is 6.45. The van der Waals surface area contributed by atoms with E-state index in [0.29, 0.717) is 0 Å². The van der Waals surface area contributed by atoms with Gasteiger partial charge in [0.05, 0.1) is 11.2 Å². The number of nitrogens with zero attached hydrogens (tertiary/aromatic N) is 1. The lowest BCUT2D eigenvalue weighted by Gasteiger charge is -2.10. The normalized spacial score (nSPS) is 11.1. The van der Waals surface area contributed by atoms with Gasteiger partial charge in [-0.15, -0.1) is 0 Å². The van der Waals surface area contributed by atoms with Crippen molar-refractivity contribution in [1.29, 1.82) is 0 Å². The number of hydrazine groups is 1. The number of pyridine rings is 1. The highest BCUT2D eigenvalue weighted by Gasteiger charge is 2.09. The van der Waals surface area contributed by atoms with Crippen LogP contribution in [0.4, 0.5) is 5.69 Å². The third kappa shape index (κ3) is 1.65. The Labute approximate surface area is 113 Å². The molecule has 3 rings (SSSR count). The molecule has 3 N–H and O–H groups in total. The molecule has 3 aromatic rings. The van der Waals surface area contributed by atoms with E-state index in [1.54, 1.807) is 0 Å². The number of nitrogens with two attached hydrogens (primary N) is 1. The maximum Gasteiger partial charge on any atom is 0.0805 e. The molecular weight excluding hydrogens is 290 g/mol. The summed E-state index contributed by atoms with van der Waals surface area (Å²) in [5.41, 5.74) is 5.56. The molecule has 0 radical (unpaired) electrons. The van der Waals surface area contributed by atoms with E-state index in [1.807, 2.05) is 25.1 Å². The SMILES string of the molecule is Cc1cc(NN)c2cc(Br)c3ccccc3c2n1. The summed E-state index contributed by atoms with van der Waals surface area (Å²) in [6.07, 6.45) is 0. The average Bonchev–Trinajstić information content (AvgIpc) is 2.39. The predicted molar refractivity (Wildman–Crippen MR) is 79.5 cm³/mol. The zero-order valence-corrected chi connectivity index (χ0v) is 11.5. The lowest BCUT2D eigenvalue weighted by atomic mass is 10.0. The zero-order chi connectivity index (χ0) is 12.7. The summed E-state index contributed by atoms with van der Waals surface area (Å²) in [6, 6.07) is 12.2. The van der Waals surface area contributed by atoms with Gasteiger partial charge in [0.1, 0.15) is 0 Å². The number of aromatic nitrogens is 1. The Hall–Kier alpha value is -1.65. The van der Waals surface area contributed by atoms with E-state index in [1.165, 1.54) is 0 Å². The molecule has 1 heterocycles. The van der Waals surface area contributed by atoms with E-state index in [4.69, 9.17) is 5.84 Å². The van der Waals surface area contributed by atoms with Gasteiger partial charge in [0, 0.05) is 20.9 Å². The summed E-state index contributed by atoms with van der Waals surface area (Å²) in [5, 5.41) is 3.31. The number of nitrogens with one attached hydrogen (secondary N) is 1. The molecule has 0 aliphatic heterocycles. The molecule has 18 heavy (non-hydrogen) atoms. The van der Waals surface area contributed by atoms with Gasteiger partial charge in [0.15, 0.2) is 0 Å². The summed E-state index contributed by atoms with van der Waals surface area (Å²) in [5.74, 6) is 5.59. The van der Waals surface area contributed by atoms with Crippen LogP contribution in [-0.2, 0) is 0 Å². The Morgan fingerprint density at radius 1 is 1.11 bits per heavy atom. The average molecular weight is 302 g/mol. The first kappa shape index (κ1) is 11.4. The predicted octanol–water partition coefficient (Wildman–Crippen LogP) is 3.74. The zero-order valence-electron chi connectivity index (χ0n) is 9.87. The third-order valence-corrected chi connectivity index (χ3v) is 3.71. The van der Waals surface area contributed by atoms with Gasteiger partial charge in [0.25, 0.3) is 0 Å². The minimum Gasteiger partial charge on any atom is -0.323 e. The molecule has 0 unspecified atom stereocenters. The van der Waals surface area contributed by atoms with E-state index >= 15 is 0 Å². The van der Waals surface area contributed by atoms with Crippen molar-refractivity contribution in [3.05, 3.63) is 46.6 Å². The molecule has 0 bridgehead atoms. The number of fused-ring (bicyclic) bond motifs is 3. The maximum atomic E-state index is 5.59. The number of aryl methyl sites for hydroxylation is 1. The standard InChI is InChI=1S/C14H12BrN3/c1-8-6-13(18-16)11-7-12(15)9-4-2-3-5-10(9)14(11)17-8/h2-7H,16H2,1H3,(H,17,18). The summed E-state index contributed by atoms with van der Waals surface area (Å²) in [7, 11) is 0. The van der Waals surface area contributed by atoms with E-state index in [9.17, 15) is 0 Å². The quantitative estimate of drug-likeness (QED) is 0.409. The number of rotatable bonds is 1. The molecule has 0 saturated heterocycles. The van der Waals surface area contributed by atoms with Crippen molar-refractivity contribution in [2.75, 3.05) is 5.43 Å². The van der Waals surface area contributed by atoms with Gasteiger partial charge in [0.2, 0.25) is 0 Å². The third-order valence-electron chi connectivity index (χ3n) is 3.05. The lowest BCUT2D eigenvalue weighted by Crippen LogP contribution is -2.08. The maximum absolute atomic E-state index is 5.59. The second kappa shape index (κ2) is 4.23. The van der Waals surface area contributed by atoms with Gasteiger partial charge in [-0.25, -0.2) is 0 Å². The largest absolute Gasteiger partial charge is 0.323 e. The molecule has 0 aliphatic rings. The van der Waals surface area contributed by atoms with Crippen molar-refractivity contribution in [2.45, 2.75) is 6.92 Å². The number of nitrogen functional groups attached to an aromatic ring is 1. The number of benzene rings is 2. The first-order chi connectivity index (χ1) is 8.70. The van der Waals surface area contributed by atoms with Crippen LogP contribution in [0.5, 0.6) is 0 Å². The minimum absolute atomic E-state index is 0.893. The molecule has 0 spiro atoms. The molecule has 3 nitrogen and oxygen atoms in total. The smallest absolute Gasteiger partial charge is 0.0805 e. The number of hydrogen-bond acceptors (Lipinski definition) is 3. The molecule has 4 heteroatoms. The van der Waals surface area contributed by atoms with Crippen LogP contribution < -0.4 is 11.3 Å². The number of halogens is 1. The fourth-order valence-electron chi connectivity index (χ4n) is 2.26. The molecule has 0 aliphatic carbocycles. The van der Waals surface area contributed by atoms with Crippen LogP contribution in [0.15, 0.2) is 40.9 Å². The van der Waals surface area contributed by atoms with Crippen LogP contribution in [0, 0.1) is 6.92 Å². The Bertz CT molecular complexity index is 753. The molecule has 0 fully saturated rings. The number of anilines is 1. The minimum atomic E-state index is 0.893. The topological polar surface area (TPSA) is 50.9 Å². The van der Waals surface area contributed by atoms with E-state index < -0.39 is 0 Å². The molecule has 1 aromatic heterocycles. The summed E-state index contributed by atoms with van der Waals surface area (Å²) < 4.78 is 1.05. The monoisotopic (exact) mass is 301 g/mol. The molecule has 0 saturated carbocycles. The Kier molecular flexibility index (Phi) is 2.69. The lowest BCUT2D eigenvalue weighted by molar-refractivity contribution is 1.24. The van der Waals surface area contributed by atoms with Gasteiger partial charge in [-0.1, -0.05) is 40.2 Å². The van der Waals surface area contributed by atoms with Gasteiger partial charge >= 0.3 is 0 Å². The summed E-state index contributed by atoms with van der Waals surface area (Å²) >= 11 is 3.60. The van der Waals surface area contributed by atoms with Crippen molar-refractivity contribution in [3.63, 3.8) is 0 Å². The fraction of sp³-hybridized carbons (Fsp3) is 0.0714. The molecule has 0 atom stereocenters. The van der Waals surface area contributed by atoms with Gasteiger partial charge in [-0.05, 0) is 24.4 Å². The van der Waals surface area contributed by atoms with E-state index in [-0.39, 0.29) is 0 Å². The van der Waals surface area contributed by atoms with Crippen LogP contribution in [-0.4, -0.2) is 4.98 Å². The van der Waals surface area contributed by atoms with Crippen molar-refractivity contribution in [2.24, 2.45) is 5.84 Å². The summed E-state index contributed by atoms with van der Waals surface area (Å²) in [6.45, 7) is 1.97. The fourth-order valence-corrected chi connectivity index (χ4v) is 2.83. The summed E-state index contributed by atoms with van der Waals surface area (Å²) in [4.78, 5) is 4.64. The number of hydrogen-bond donors (Lipinski definition) is 2. The van der Waals surface area contributed by atoms with Crippen molar-refractivity contribution >= 4 is 43.3 Å². The highest BCUT2D eigenvalue weighted by Crippen LogP contribution is 2.34. The van der Waals surface area contributed by atoms with Crippen LogP contribution in [0.2, 0.25) is 0 Å².